The quantitative estimate of drug-likeness (QED) is 0.559. The van der Waals surface area contributed by atoms with Crippen molar-refractivity contribution >= 4 is 22.2 Å². The molecule has 1 fully saturated rings. The van der Waals surface area contributed by atoms with Gasteiger partial charge in [0.05, 0.1) is 17.6 Å². The van der Waals surface area contributed by atoms with Crippen LogP contribution >= 0.6 is 12.4 Å². The van der Waals surface area contributed by atoms with Gasteiger partial charge in [-0.1, -0.05) is 0 Å². The highest BCUT2D eigenvalue weighted by Crippen LogP contribution is 2.04. The second kappa shape index (κ2) is 4.25. The molecule has 0 bridgehead atoms. The Bertz CT molecular complexity index is 204. The van der Waals surface area contributed by atoms with E-state index in [4.69, 9.17) is 5.11 Å². The first-order valence-corrected chi connectivity index (χ1v) is 4.91. The van der Waals surface area contributed by atoms with Gasteiger partial charge in [0.25, 0.3) is 0 Å². The maximum Gasteiger partial charge on any atom is 0.157 e. The van der Waals surface area contributed by atoms with Gasteiger partial charge in [0, 0.05) is 13.1 Å². The minimum absolute atomic E-state index is 0. The predicted octanol–water partition coefficient (Wildman–Crippen LogP) is -1.21. The Morgan fingerprint density at radius 2 is 2.18 bits per heavy atom. The van der Waals surface area contributed by atoms with Gasteiger partial charge in [-0.05, 0) is 0 Å². The van der Waals surface area contributed by atoms with Gasteiger partial charge in [-0.15, -0.1) is 12.4 Å². The van der Waals surface area contributed by atoms with Crippen molar-refractivity contribution in [1.82, 2.24) is 5.32 Å². The number of rotatable bonds is 1. The highest BCUT2D eigenvalue weighted by Gasteiger charge is 2.27. The van der Waals surface area contributed by atoms with E-state index in [0.717, 1.165) is 0 Å². The van der Waals surface area contributed by atoms with Crippen molar-refractivity contribution < 1.29 is 13.5 Å². The molecule has 11 heavy (non-hydrogen) atoms. The second-order valence-corrected chi connectivity index (χ2v) is 4.78. The first-order valence-electron chi connectivity index (χ1n) is 3.20. The highest BCUT2D eigenvalue weighted by molar-refractivity contribution is 7.92. The van der Waals surface area contributed by atoms with E-state index in [2.05, 4.69) is 5.32 Å². The number of sulfone groups is 1. The summed E-state index contributed by atoms with van der Waals surface area (Å²) in [6, 6.07) is 0. The van der Waals surface area contributed by atoms with Crippen LogP contribution in [0.15, 0.2) is 0 Å². The van der Waals surface area contributed by atoms with Gasteiger partial charge >= 0.3 is 0 Å². The Labute approximate surface area is 72.3 Å². The Morgan fingerprint density at radius 3 is 2.55 bits per heavy atom. The molecule has 0 amide bonds. The van der Waals surface area contributed by atoms with E-state index in [-0.39, 0.29) is 24.8 Å². The zero-order valence-corrected chi connectivity index (χ0v) is 7.62. The third kappa shape index (κ3) is 2.59. The smallest absolute Gasteiger partial charge is 0.157 e. The summed E-state index contributed by atoms with van der Waals surface area (Å²) in [5.74, 6) is 0.151. The van der Waals surface area contributed by atoms with Crippen molar-refractivity contribution in [3.8, 4) is 0 Å². The van der Waals surface area contributed by atoms with Gasteiger partial charge in [0.1, 0.15) is 0 Å². The van der Waals surface area contributed by atoms with E-state index in [1.807, 2.05) is 0 Å². The van der Waals surface area contributed by atoms with E-state index >= 15 is 0 Å². The maximum absolute atomic E-state index is 11.0. The lowest BCUT2D eigenvalue weighted by molar-refractivity contribution is 0.285. The molecule has 0 radical (unpaired) electrons. The molecule has 0 aromatic heterocycles. The maximum atomic E-state index is 11.0. The zero-order chi connectivity index (χ0) is 7.61. The van der Waals surface area contributed by atoms with Crippen molar-refractivity contribution in [2.75, 3.05) is 25.4 Å². The fourth-order valence-corrected chi connectivity index (χ4v) is 2.31. The third-order valence-corrected chi connectivity index (χ3v) is 3.75. The number of hydrogen-bond donors (Lipinski definition) is 2. The standard InChI is InChI=1S/C5H11NO3S.ClH/c7-4-5-3-6-1-2-10(5,8)9;/h5-7H,1-4H2;1H. The summed E-state index contributed by atoms with van der Waals surface area (Å²) in [6.07, 6.45) is 0. The fourth-order valence-electron chi connectivity index (χ4n) is 0.949. The second-order valence-electron chi connectivity index (χ2n) is 2.38. The molecule has 1 aliphatic heterocycles. The lowest BCUT2D eigenvalue weighted by atomic mass is 10.4. The topological polar surface area (TPSA) is 66.4 Å². The molecule has 68 valence electrons. The van der Waals surface area contributed by atoms with Crippen molar-refractivity contribution in [2.45, 2.75) is 5.25 Å². The molecule has 4 nitrogen and oxygen atoms in total. The van der Waals surface area contributed by atoms with Crippen LogP contribution in [0.5, 0.6) is 0 Å². The average Bonchev–Trinajstić information content (AvgIpc) is 1.87. The molecule has 0 spiro atoms. The number of aliphatic hydroxyl groups excluding tert-OH is 1. The van der Waals surface area contributed by atoms with Crippen LogP contribution < -0.4 is 5.32 Å². The summed E-state index contributed by atoms with van der Waals surface area (Å²) < 4.78 is 22.0. The average molecular weight is 202 g/mol. The summed E-state index contributed by atoms with van der Waals surface area (Å²) in [6.45, 7) is 0.632. The largest absolute Gasteiger partial charge is 0.395 e. The molecular formula is C5H12ClNO3S. The molecule has 2 N–H and O–H groups in total. The summed E-state index contributed by atoms with van der Waals surface area (Å²) in [4.78, 5) is 0. The van der Waals surface area contributed by atoms with E-state index in [9.17, 15) is 8.42 Å². The van der Waals surface area contributed by atoms with Crippen molar-refractivity contribution in [3.63, 3.8) is 0 Å². The van der Waals surface area contributed by atoms with Crippen molar-refractivity contribution in [3.05, 3.63) is 0 Å². The summed E-state index contributed by atoms with van der Waals surface area (Å²) >= 11 is 0. The van der Waals surface area contributed by atoms with E-state index in [1.165, 1.54) is 0 Å². The molecule has 1 heterocycles. The molecule has 0 aromatic carbocycles. The lowest BCUT2D eigenvalue weighted by Gasteiger charge is -2.20. The molecule has 6 heteroatoms. The van der Waals surface area contributed by atoms with Crippen LogP contribution in [0.1, 0.15) is 0 Å². The van der Waals surface area contributed by atoms with Crippen LogP contribution in [-0.4, -0.2) is 44.2 Å². The monoisotopic (exact) mass is 201 g/mol. The number of nitrogens with one attached hydrogen (secondary N) is 1. The van der Waals surface area contributed by atoms with Crippen molar-refractivity contribution in [2.24, 2.45) is 0 Å². The van der Waals surface area contributed by atoms with Crippen LogP contribution in [0.25, 0.3) is 0 Å². The molecule has 0 aromatic rings. The molecular weight excluding hydrogens is 190 g/mol. The Hall–Kier alpha value is 0.160. The van der Waals surface area contributed by atoms with Crippen molar-refractivity contribution in [1.29, 1.82) is 0 Å². The van der Waals surface area contributed by atoms with E-state index in [1.54, 1.807) is 0 Å². The fraction of sp³-hybridized carbons (Fsp3) is 1.00. The van der Waals surface area contributed by atoms with Crippen LogP contribution in [0.3, 0.4) is 0 Å². The first-order chi connectivity index (χ1) is 4.67. The molecule has 0 aliphatic carbocycles. The Balaban J connectivity index is 0.000001000. The van der Waals surface area contributed by atoms with Gasteiger partial charge in [-0.3, -0.25) is 0 Å². The van der Waals surface area contributed by atoms with Gasteiger partial charge in [0.15, 0.2) is 9.84 Å². The highest BCUT2D eigenvalue weighted by atomic mass is 35.5. The zero-order valence-electron chi connectivity index (χ0n) is 5.99. The van der Waals surface area contributed by atoms with Crippen LogP contribution in [0, 0.1) is 0 Å². The molecule has 1 atom stereocenters. The minimum Gasteiger partial charge on any atom is -0.395 e. The number of hydrogen-bond acceptors (Lipinski definition) is 4. The normalized spacial score (nSPS) is 29.0. The Morgan fingerprint density at radius 1 is 1.55 bits per heavy atom. The van der Waals surface area contributed by atoms with Crippen LogP contribution in [0.2, 0.25) is 0 Å². The third-order valence-electron chi connectivity index (χ3n) is 1.65. The molecule has 1 rings (SSSR count). The molecule has 1 aliphatic rings. The Kier molecular flexibility index (Phi) is 4.31. The van der Waals surface area contributed by atoms with E-state index in [0.29, 0.717) is 13.1 Å². The number of aliphatic hydroxyl groups is 1. The predicted molar refractivity (Wildman–Crippen MR) is 44.8 cm³/mol. The molecule has 0 saturated carbocycles. The van der Waals surface area contributed by atoms with Gasteiger partial charge in [-0.25, -0.2) is 8.42 Å². The van der Waals surface area contributed by atoms with Gasteiger partial charge in [0.2, 0.25) is 0 Å². The summed E-state index contributed by atoms with van der Waals surface area (Å²) in [5.41, 5.74) is 0. The van der Waals surface area contributed by atoms with Gasteiger partial charge in [-0.2, -0.15) is 0 Å². The summed E-state index contributed by atoms with van der Waals surface area (Å²) in [7, 11) is -2.99. The first kappa shape index (κ1) is 11.2. The minimum atomic E-state index is -2.99. The van der Waals surface area contributed by atoms with Gasteiger partial charge < -0.3 is 10.4 Å². The van der Waals surface area contributed by atoms with E-state index < -0.39 is 15.1 Å². The van der Waals surface area contributed by atoms with Crippen LogP contribution in [0.4, 0.5) is 0 Å². The lowest BCUT2D eigenvalue weighted by Crippen LogP contribution is -2.45. The SMILES string of the molecule is Cl.O=S1(=O)CCNCC1CO. The molecule has 1 saturated heterocycles. The van der Waals surface area contributed by atoms with Crippen LogP contribution in [-0.2, 0) is 9.84 Å². The number of halogens is 1. The summed E-state index contributed by atoms with van der Waals surface area (Å²) in [5, 5.41) is 10.9. The molecule has 1 unspecified atom stereocenters.